The number of nitrogens with one attached hydrogen (secondary N) is 1. The van der Waals surface area contributed by atoms with Crippen LogP contribution in [0.1, 0.15) is 24.1 Å². The van der Waals surface area contributed by atoms with Crippen molar-refractivity contribution in [3.05, 3.63) is 58.6 Å². The first-order chi connectivity index (χ1) is 9.97. The number of rotatable bonds is 5. The van der Waals surface area contributed by atoms with E-state index in [1.165, 1.54) is 6.07 Å². The van der Waals surface area contributed by atoms with E-state index in [9.17, 15) is 8.78 Å². The van der Waals surface area contributed by atoms with Crippen LogP contribution in [0.3, 0.4) is 0 Å². The maximum Gasteiger partial charge on any atom is 0.387 e. The number of benzene rings is 2. The summed E-state index contributed by atoms with van der Waals surface area (Å²) >= 11 is 6.08. The van der Waals surface area contributed by atoms with Crippen molar-refractivity contribution < 1.29 is 13.5 Å². The molecule has 2 aromatic rings. The van der Waals surface area contributed by atoms with Crippen molar-refractivity contribution in [2.75, 3.05) is 5.32 Å². The van der Waals surface area contributed by atoms with Crippen LogP contribution in [0, 0.1) is 6.92 Å². The SMILES string of the molecule is Cc1ccc(NC(C)c2ccccc2OC(F)F)cc1Cl. The van der Waals surface area contributed by atoms with Gasteiger partial charge in [-0.05, 0) is 37.6 Å². The molecular formula is C16H16ClF2NO. The Morgan fingerprint density at radius 3 is 2.52 bits per heavy atom. The van der Waals surface area contributed by atoms with Gasteiger partial charge in [0.15, 0.2) is 0 Å². The van der Waals surface area contributed by atoms with Crippen LogP contribution in [0.5, 0.6) is 5.75 Å². The van der Waals surface area contributed by atoms with Gasteiger partial charge >= 0.3 is 6.61 Å². The minimum Gasteiger partial charge on any atom is -0.434 e. The lowest BCUT2D eigenvalue weighted by Gasteiger charge is -2.19. The number of hydrogen-bond acceptors (Lipinski definition) is 2. The lowest BCUT2D eigenvalue weighted by Crippen LogP contribution is -2.11. The largest absolute Gasteiger partial charge is 0.434 e. The van der Waals surface area contributed by atoms with E-state index in [-0.39, 0.29) is 11.8 Å². The Morgan fingerprint density at radius 1 is 1.14 bits per heavy atom. The molecular weight excluding hydrogens is 296 g/mol. The molecule has 0 saturated heterocycles. The summed E-state index contributed by atoms with van der Waals surface area (Å²) in [6, 6.07) is 12.1. The van der Waals surface area contributed by atoms with Gasteiger partial charge in [-0.25, -0.2) is 0 Å². The summed E-state index contributed by atoms with van der Waals surface area (Å²) in [5.41, 5.74) is 2.47. The summed E-state index contributed by atoms with van der Waals surface area (Å²) in [5, 5.41) is 3.89. The molecule has 0 radical (unpaired) electrons. The molecule has 0 aromatic heterocycles. The van der Waals surface area contributed by atoms with Gasteiger partial charge in [-0.3, -0.25) is 0 Å². The minimum atomic E-state index is -2.84. The number of ether oxygens (including phenoxy) is 1. The predicted molar refractivity (Wildman–Crippen MR) is 81.3 cm³/mol. The predicted octanol–water partition coefficient (Wildman–Crippen LogP) is 5.42. The summed E-state index contributed by atoms with van der Waals surface area (Å²) in [7, 11) is 0. The fourth-order valence-electron chi connectivity index (χ4n) is 2.05. The molecule has 0 spiro atoms. The first-order valence-corrected chi connectivity index (χ1v) is 6.91. The number of alkyl halides is 2. The van der Waals surface area contributed by atoms with Gasteiger partial charge < -0.3 is 10.1 Å². The first-order valence-electron chi connectivity index (χ1n) is 6.54. The van der Waals surface area contributed by atoms with E-state index in [0.29, 0.717) is 10.6 Å². The van der Waals surface area contributed by atoms with Gasteiger partial charge in [-0.1, -0.05) is 35.9 Å². The van der Waals surface area contributed by atoms with Crippen LogP contribution in [0.15, 0.2) is 42.5 Å². The van der Waals surface area contributed by atoms with Gasteiger partial charge in [0.1, 0.15) is 5.75 Å². The first kappa shape index (κ1) is 15.6. The normalized spacial score (nSPS) is 12.3. The Hall–Kier alpha value is -1.81. The third-order valence-corrected chi connectivity index (χ3v) is 3.56. The second kappa shape index (κ2) is 6.76. The maximum absolute atomic E-state index is 12.4. The molecule has 112 valence electrons. The molecule has 2 rings (SSSR count). The standard InChI is InChI=1S/C16H16ClF2NO/c1-10-7-8-12(9-14(10)17)20-11(2)13-5-3-4-6-15(13)21-16(18)19/h3-9,11,16,20H,1-2H3. The molecule has 0 aliphatic heterocycles. The Labute approximate surface area is 127 Å². The summed E-state index contributed by atoms with van der Waals surface area (Å²) < 4.78 is 29.4. The fraction of sp³-hybridized carbons (Fsp3) is 0.250. The summed E-state index contributed by atoms with van der Waals surface area (Å²) in [6.07, 6.45) is 0. The highest BCUT2D eigenvalue weighted by Crippen LogP contribution is 2.30. The molecule has 2 aromatic carbocycles. The Bertz CT molecular complexity index is 619. The highest BCUT2D eigenvalue weighted by Gasteiger charge is 2.14. The van der Waals surface area contributed by atoms with Gasteiger partial charge in [0, 0.05) is 16.3 Å². The van der Waals surface area contributed by atoms with Crippen molar-refractivity contribution in [2.45, 2.75) is 26.5 Å². The zero-order valence-corrected chi connectivity index (χ0v) is 12.5. The van der Waals surface area contributed by atoms with E-state index in [4.69, 9.17) is 11.6 Å². The van der Waals surface area contributed by atoms with Crippen molar-refractivity contribution >= 4 is 17.3 Å². The number of aryl methyl sites for hydroxylation is 1. The van der Waals surface area contributed by atoms with Crippen molar-refractivity contribution in [1.29, 1.82) is 0 Å². The molecule has 0 heterocycles. The van der Waals surface area contributed by atoms with Gasteiger partial charge in [-0.2, -0.15) is 8.78 Å². The van der Waals surface area contributed by atoms with E-state index >= 15 is 0 Å². The fourth-order valence-corrected chi connectivity index (χ4v) is 2.23. The molecule has 2 nitrogen and oxygen atoms in total. The maximum atomic E-state index is 12.4. The van der Waals surface area contributed by atoms with Crippen LogP contribution in [0.25, 0.3) is 0 Å². The molecule has 0 bridgehead atoms. The van der Waals surface area contributed by atoms with Crippen molar-refractivity contribution in [2.24, 2.45) is 0 Å². The van der Waals surface area contributed by atoms with Crippen molar-refractivity contribution in [1.82, 2.24) is 0 Å². The van der Waals surface area contributed by atoms with Gasteiger partial charge in [-0.15, -0.1) is 0 Å². The number of anilines is 1. The average Bonchev–Trinajstić information content (AvgIpc) is 2.43. The van der Waals surface area contributed by atoms with Gasteiger partial charge in [0.2, 0.25) is 0 Å². The lowest BCUT2D eigenvalue weighted by atomic mass is 10.1. The van der Waals surface area contributed by atoms with Crippen molar-refractivity contribution in [3.63, 3.8) is 0 Å². The minimum absolute atomic E-state index is 0.172. The Kier molecular flexibility index (Phi) is 5.02. The quantitative estimate of drug-likeness (QED) is 0.795. The molecule has 1 N–H and O–H groups in total. The third kappa shape index (κ3) is 4.08. The third-order valence-electron chi connectivity index (χ3n) is 3.16. The molecule has 0 aliphatic carbocycles. The van der Waals surface area contributed by atoms with Crippen LogP contribution < -0.4 is 10.1 Å². The Balaban J connectivity index is 2.19. The monoisotopic (exact) mass is 311 g/mol. The smallest absolute Gasteiger partial charge is 0.387 e. The van der Waals surface area contributed by atoms with Crippen LogP contribution in [-0.4, -0.2) is 6.61 Å². The van der Waals surface area contributed by atoms with Gasteiger partial charge in [0.05, 0.1) is 6.04 Å². The second-order valence-corrected chi connectivity index (χ2v) is 5.15. The summed E-state index contributed by atoms with van der Waals surface area (Å²) in [6.45, 7) is 0.954. The summed E-state index contributed by atoms with van der Waals surface area (Å²) in [4.78, 5) is 0. The highest BCUT2D eigenvalue weighted by atomic mass is 35.5. The highest BCUT2D eigenvalue weighted by molar-refractivity contribution is 6.31. The average molecular weight is 312 g/mol. The Morgan fingerprint density at radius 2 is 1.86 bits per heavy atom. The van der Waals surface area contributed by atoms with Crippen LogP contribution in [0.4, 0.5) is 14.5 Å². The molecule has 1 atom stereocenters. The van der Waals surface area contributed by atoms with E-state index < -0.39 is 6.61 Å². The zero-order chi connectivity index (χ0) is 15.4. The number of para-hydroxylation sites is 1. The van der Waals surface area contributed by atoms with Crippen molar-refractivity contribution in [3.8, 4) is 5.75 Å². The molecule has 0 fully saturated rings. The second-order valence-electron chi connectivity index (χ2n) is 4.75. The number of halogens is 3. The molecule has 0 saturated carbocycles. The lowest BCUT2D eigenvalue weighted by molar-refractivity contribution is -0.0505. The van der Waals surface area contributed by atoms with Crippen LogP contribution >= 0.6 is 11.6 Å². The number of hydrogen-bond donors (Lipinski definition) is 1. The summed E-state index contributed by atoms with van der Waals surface area (Å²) in [5.74, 6) is 0.172. The molecule has 21 heavy (non-hydrogen) atoms. The van der Waals surface area contributed by atoms with E-state index in [1.807, 2.05) is 32.0 Å². The van der Waals surface area contributed by atoms with E-state index in [0.717, 1.165) is 11.3 Å². The molecule has 0 aliphatic rings. The topological polar surface area (TPSA) is 21.3 Å². The van der Waals surface area contributed by atoms with Gasteiger partial charge in [0.25, 0.3) is 0 Å². The zero-order valence-electron chi connectivity index (χ0n) is 11.7. The van der Waals surface area contributed by atoms with Crippen LogP contribution in [-0.2, 0) is 0 Å². The van der Waals surface area contributed by atoms with E-state index in [2.05, 4.69) is 10.1 Å². The van der Waals surface area contributed by atoms with E-state index in [1.54, 1.807) is 18.2 Å². The molecule has 1 unspecified atom stereocenters. The van der Waals surface area contributed by atoms with Crippen LogP contribution in [0.2, 0.25) is 5.02 Å². The molecule has 0 amide bonds. The molecule has 5 heteroatoms.